The van der Waals surface area contributed by atoms with Crippen LogP contribution in [0.4, 0.5) is 0 Å². The summed E-state index contributed by atoms with van der Waals surface area (Å²) in [6, 6.07) is 4.77. The molecule has 0 radical (unpaired) electrons. The van der Waals surface area contributed by atoms with Crippen molar-refractivity contribution in [1.82, 2.24) is 10.2 Å². The van der Waals surface area contributed by atoms with Crippen molar-refractivity contribution in [2.75, 3.05) is 13.1 Å². The molecule has 3 rings (SSSR count). The van der Waals surface area contributed by atoms with E-state index in [1.54, 1.807) is 11.0 Å². The number of nitrogens with zero attached hydrogens (tertiary/aromatic N) is 1. The molecule has 1 saturated heterocycles. The number of phenols is 1. The topological polar surface area (TPSA) is 69.6 Å². The van der Waals surface area contributed by atoms with E-state index in [1.807, 2.05) is 0 Å². The van der Waals surface area contributed by atoms with Crippen LogP contribution in [0.2, 0.25) is 5.02 Å². The van der Waals surface area contributed by atoms with Gasteiger partial charge in [-0.2, -0.15) is 0 Å². The first-order valence-corrected chi connectivity index (χ1v) is 8.00. The monoisotopic (exact) mass is 322 g/mol. The lowest BCUT2D eigenvalue weighted by Gasteiger charge is -2.32. The summed E-state index contributed by atoms with van der Waals surface area (Å²) in [6.07, 6.45) is 3.76. The first kappa shape index (κ1) is 15.2. The van der Waals surface area contributed by atoms with E-state index in [0.29, 0.717) is 24.7 Å². The summed E-state index contributed by atoms with van der Waals surface area (Å²) in [5, 5.41) is 12.6. The fourth-order valence-electron chi connectivity index (χ4n) is 2.74. The van der Waals surface area contributed by atoms with Gasteiger partial charge in [0, 0.05) is 24.7 Å². The number of carbonyl (C=O) groups excluding carboxylic acids is 2. The molecular weight excluding hydrogens is 304 g/mol. The highest BCUT2D eigenvalue weighted by atomic mass is 35.5. The van der Waals surface area contributed by atoms with Crippen molar-refractivity contribution in [3.63, 3.8) is 0 Å². The van der Waals surface area contributed by atoms with Crippen LogP contribution < -0.4 is 5.32 Å². The molecule has 1 aromatic rings. The van der Waals surface area contributed by atoms with Crippen LogP contribution in [0.1, 0.15) is 36.0 Å². The highest BCUT2D eigenvalue weighted by Gasteiger charge is 2.32. The Morgan fingerprint density at radius 2 is 2.05 bits per heavy atom. The number of amides is 2. The average Bonchev–Trinajstić information content (AvgIpc) is 3.33. The van der Waals surface area contributed by atoms with Gasteiger partial charge in [0.1, 0.15) is 5.75 Å². The summed E-state index contributed by atoms with van der Waals surface area (Å²) < 4.78 is 0. The SMILES string of the molecule is O=C(NC1CC1)[C@@H]1CCCN(C(=O)c2ccc(O)c(Cl)c2)C1. The van der Waals surface area contributed by atoms with Gasteiger partial charge in [-0.25, -0.2) is 0 Å². The van der Waals surface area contributed by atoms with E-state index in [-0.39, 0.29) is 28.5 Å². The first-order chi connectivity index (χ1) is 10.5. The summed E-state index contributed by atoms with van der Waals surface area (Å²) in [4.78, 5) is 26.4. The van der Waals surface area contributed by atoms with E-state index in [4.69, 9.17) is 11.6 Å². The minimum Gasteiger partial charge on any atom is -0.506 e. The predicted octanol–water partition coefficient (Wildman–Crippen LogP) is 2.18. The predicted molar refractivity (Wildman–Crippen MR) is 82.9 cm³/mol. The number of carbonyl (C=O) groups is 2. The second kappa shape index (κ2) is 6.16. The van der Waals surface area contributed by atoms with Gasteiger partial charge in [0.15, 0.2) is 0 Å². The fraction of sp³-hybridized carbons (Fsp3) is 0.500. The van der Waals surface area contributed by atoms with Gasteiger partial charge in [0.25, 0.3) is 5.91 Å². The Morgan fingerprint density at radius 3 is 2.73 bits per heavy atom. The van der Waals surface area contributed by atoms with Crippen LogP contribution in [0.25, 0.3) is 0 Å². The smallest absolute Gasteiger partial charge is 0.253 e. The van der Waals surface area contributed by atoms with Gasteiger partial charge in [-0.3, -0.25) is 9.59 Å². The van der Waals surface area contributed by atoms with Crippen molar-refractivity contribution in [2.24, 2.45) is 5.92 Å². The molecule has 2 aliphatic rings. The number of likely N-dealkylation sites (tertiary alicyclic amines) is 1. The van der Waals surface area contributed by atoms with Crippen LogP contribution in [-0.4, -0.2) is 41.0 Å². The normalized spacial score (nSPS) is 21.5. The molecule has 1 saturated carbocycles. The molecule has 1 aliphatic carbocycles. The Labute approximate surface area is 134 Å². The van der Waals surface area contributed by atoms with Crippen molar-refractivity contribution in [3.8, 4) is 5.75 Å². The Hall–Kier alpha value is -1.75. The van der Waals surface area contributed by atoms with Crippen molar-refractivity contribution in [3.05, 3.63) is 28.8 Å². The van der Waals surface area contributed by atoms with Crippen LogP contribution in [0.15, 0.2) is 18.2 Å². The maximum absolute atomic E-state index is 12.5. The molecule has 22 heavy (non-hydrogen) atoms. The minimum absolute atomic E-state index is 0.0430. The summed E-state index contributed by atoms with van der Waals surface area (Å²) in [7, 11) is 0. The second-order valence-electron chi connectivity index (χ2n) is 6.04. The van der Waals surface area contributed by atoms with Crippen LogP contribution in [0.3, 0.4) is 0 Å². The molecule has 118 valence electrons. The average molecular weight is 323 g/mol. The van der Waals surface area contributed by atoms with Gasteiger partial charge >= 0.3 is 0 Å². The zero-order valence-corrected chi connectivity index (χ0v) is 13.0. The molecule has 2 amide bonds. The van der Waals surface area contributed by atoms with Gasteiger partial charge in [-0.05, 0) is 43.9 Å². The molecule has 0 spiro atoms. The Balaban J connectivity index is 1.66. The molecule has 0 unspecified atom stereocenters. The van der Waals surface area contributed by atoms with E-state index in [1.165, 1.54) is 12.1 Å². The van der Waals surface area contributed by atoms with Gasteiger partial charge in [-0.15, -0.1) is 0 Å². The molecule has 1 aliphatic heterocycles. The highest BCUT2D eigenvalue weighted by Crippen LogP contribution is 2.26. The van der Waals surface area contributed by atoms with Gasteiger partial charge in [-0.1, -0.05) is 11.6 Å². The zero-order chi connectivity index (χ0) is 15.7. The maximum Gasteiger partial charge on any atom is 0.253 e. The van der Waals surface area contributed by atoms with Crippen molar-refractivity contribution in [1.29, 1.82) is 0 Å². The Kier molecular flexibility index (Phi) is 4.25. The zero-order valence-electron chi connectivity index (χ0n) is 12.2. The van der Waals surface area contributed by atoms with E-state index in [9.17, 15) is 14.7 Å². The van der Waals surface area contributed by atoms with Crippen LogP contribution in [-0.2, 0) is 4.79 Å². The van der Waals surface area contributed by atoms with Gasteiger partial charge < -0.3 is 15.3 Å². The Bertz CT molecular complexity index is 601. The summed E-state index contributed by atoms with van der Waals surface area (Å²) >= 11 is 5.86. The number of piperidine rings is 1. The molecule has 1 atom stereocenters. The van der Waals surface area contributed by atoms with E-state index >= 15 is 0 Å². The standard InChI is InChI=1S/C16H19ClN2O3/c17-13-8-10(3-6-14(13)20)16(22)19-7-1-2-11(9-19)15(21)18-12-4-5-12/h3,6,8,11-12,20H,1-2,4-5,7,9H2,(H,18,21)/t11-/m1/s1. The third-order valence-electron chi connectivity index (χ3n) is 4.20. The lowest BCUT2D eigenvalue weighted by molar-refractivity contribution is -0.126. The molecule has 5 nitrogen and oxygen atoms in total. The maximum atomic E-state index is 12.5. The van der Waals surface area contributed by atoms with Crippen LogP contribution in [0, 0.1) is 5.92 Å². The number of hydrogen-bond donors (Lipinski definition) is 2. The number of halogens is 1. The number of hydrogen-bond acceptors (Lipinski definition) is 3. The van der Waals surface area contributed by atoms with Crippen molar-refractivity contribution in [2.45, 2.75) is 31.7 Å². The summed E-state index contributed by atoms with van der Waals surface area (Å²) in [5.74, 6) is -0.265. The number of rotatable bonds is 3. The van der Waals surface area contributed by atoms with Crippen LogP contribution >= 0.6 is 11.6 Å². The lowest BCUT2D eigenvalue weighted by Crippen LogP contribution is -2.45. The van der Waals surface area contributed by atoms with E-state index < -0.39 is 0 Å². The minimum atomic E-state index is -0.147. The molecule has 2 fully saturated rings. The highest BCUT2D eigenvalue weighted by molar-refractivity contribution is 6.32. The van der Waals surface area contributed by atoms with Gasteiger partial charge in [0.05, 0.1) is 10.9 Å². The van der Waals surface area contributed by atoms with Gasteiger partial charge in [0.2, 0.25) is 5.91 Å². The molecule has 1 heterocycles. The van der Waals surface area contributed by atoms with Crippen molar-refractivity contribution < 1.29 is 14.7 Å². The molecule has 1 aromatic carbocycles. The second-order valence-corrected chi connectivity index (χ2v) is 6.45. The first-order valence-electron chi connectivity index (χ1n) is 7.63. The lowest BCUT2D eigenvalue weighted by atomic mass is 9.96. The largest absolute Gasteiger partial charge is 0.506 e. The molecular formula is C16H19ClN2O3. The molecule has 0 bridgehead atoms. The molecule has 0 aromatic heterocycles. The van der Waals surface area contributed by atoms with E-state index in [0.717, 1.165) is 25.7 Å². The number of nitrogens with one attached hydrogen (secondary N) is 1. The number of aromatic hydroxyl groups is 1. The Morgan fingerprint density at radius 1 is 1.27 bits per heavy atom. The molecule has 2 N–H and O–H groups in total. The third kappa shape index (κ3) is 3.35. The summed E-state index contributed by atoms with van der Waals surface area (Å²) in [6.45, 7) is 1.08. The quantitative estimate of drug-likeness (QED) is 0.896. The summed E-state index contributed by atoms with van der Waals surface area (Å²) in [5.41, 5.74) is 0.436. The van der Waals surface area contributed by atoms with Crippen molar-refractivity contribution >= 4 is 23.4 Å². The molecule has 6 heteroatoms. The van der Waals surface area contributed by atoms with Crippen LogP contribution in [0.5, 0.6) is 5.75 Å². The number of benzene rings is 1. The third-order valence-corrected chi connectivity index (χ3v) is 4.50. The number of phenolic OH excluding ortho intramolecular Hbond substituents is 1. The van der Waals surface area contributed by atoms with E-state index in [2.05, 4.69) is 5.32 Å². The fourth-order valence-corrected chi connectivity index (χ4v) is 2.93.